The van der Waals surface area contributed by atoms with Crippen LogP contribution in [0.15, 0.2) is 53.0 Å². The van der Waals surface area contributed by atoms with Crippen molar-refractivity contribution in [1.82, 2.24) is 4.90 Å². The number of benzene rings is 2. The van der Waals surface area contributed by atoms with E-state index in [0.717, 1.165) is 9.37 Å². The van der Waals surface area contributed by atoms with Gasteiger partial charge >= 0.3 is 11.8 Å². The second-order valence-corrected chi connectivity index (χ2v) is 6.15. The number of nitrogens with zero attached hydrogens (tertiary/aromatic N) is 1. The van der Waals surface area contributed by atoms with Gasteiger partial charge in [-0.05, 0) is 36.4 Å². The van der Waals surface area contributed by atoms with Crippen molar-refractivity contribution in [2.45, 2.75) is 0 Å². The lowest BCUT2D eigenvalue weighted by molar-refractivity contribution is -0.723. The standard InChI is InChI=1S/C17H12BrN3O4/c18-11-7-5-10(6-8-11)15(19)20-25-14(22)9-21-16(23)12-3-1-2-4-13(12)17(21)24/h1-8H,9H2,(H2,19,20)/p+1. The van der Waals surface area contributed by atoms with Crippen molar-refractivity contribution in [1.29, 1.82) is 0 Å². The van der Waals surface area contributed by atoms with Crippen molar-refractivity contribution in [2.24, 2.45) is 5.73 Å². The van der Waals surface area contributed by atoms with Crippen LogP contribution in [0.4, 0.5) is 0 Å². The summed E-state index contributed by atoms with van der Waals surface area (Å²) in [5.41, 5.74) is 6.96. The Morgan fingerprint density at radius 3 is 2.16 bits per heavy atom. The van der Waals surface area contributed by atoms with E-state index in [4.69, 9.17) is 10.6 Å². The van der Waals surface area contributed by atoms with Gasteiger partial charge in [-0.15, -0.1) is 0 Å². The molecule has 1 heterocycles. The Labute approximate surface area is 151 Å². The van der Waals surface area contributed by atoms with E-state index in [1.807, 2.05) is 0 Å². The maximum atomic E-state index is 12.2. The highest BCUT2D eigenvalue weighted by atomic mass is 79.9. The summed E-state index contributed by atoms with van der Waals surface area (Å²) >= 11 is 3.30. The lowest BCUT2D eigenvalue weighted by atomic mass is 10.1. The van der Waals surface area contributed by atoms with Gasteiger partial charge in [0.05, 0.1) is 16.7 Å². The lowest BCUT2D eigenvalue weighted by Gasteiger charge is -2.10. The largest absolute Gasteiger partial charge is 0.376 e. The zero-order valence-electron chi connectivity index (χ0n) is 12.9. The number of hydrogen-bond donors (Lipinski definition) is 2. The molecule has 0 atom stereocenters. The zero-order valence-corrected chi connectivity index (χ0v) is 14.4. The Hall–Kier alpha value is -3.00. The van der Waals surface area contributed by atoms with Crippen LogP contribution in [0.3, 0.4) is 0 Å². The Morgan fingerprint density at radius 1 is 1.04 bits per heavy atom. The van der Waals surface area contributed by atoms with Crippen LogP contribution in [-0.4, -0.2) is 35.1 Å². The van der Waals surface area contributed by atoms with E-state index < -0.39 is 24.3 Å². The minimum atomic E-state index is -0.811. The molecule has 0 radical (unpaired) electrons. The smallest absolute Gasteiger partial charge is 0.284 e. The maximum Gasteiger partial charge on any atom is 0.376 e. The molecule has 0 bridgehead atoms. The summed E-state index contributed by atoms with van der Waals surface area (Å²) in [5.74, 6) is -1.73. The van der Waals surface area contributed by atoms with E-state index >= 15 is 0 Å². The van der Waals surface area contributed by atoms with Gasteiger partial charge in [-0.2, -0.15) is 0 Å². The number of hydrogen-bond acceptors (Lipinski definition) is 4. The first-order chi connectivity index (χ1) is 12.0. The third-order valence-electron chi connectivity index (χ3n) is 3.60. The zero-order chi connectivity index (χ0) is 18.0. The molecule has 0 aliphatic carbocycles. The van der Waals surface area contributed by atoms with Gasteiger partial charge < -0.3 is 0 Å². The number of fused-ring (bicyclic) bond motifs is 1. The summed E-state index contributed by atoms with van der Waals surface area (Å²) < 4.78 is 0.881. The van der Waals surface area contributed by atoms with E-state index in [0.29, 0.717) is 5.56 Å². The number of halogens is 1. The molecule has 25 heavy (non-hydrogen) atoms. The molecule has 0 saturated heterocycles. The third kappa shape index (κ3) is 3.43. The highest BCUT2D eigenvalue weighted by Crippen LogP contribution is 2.21. The van der Waals surface area contributed by atoms with Crippen molar-refractivity contribution < 1.29 is 24.4 Å². The molecule has 0 spiro atoms. The van der Waals surface area contributed by atoms with E-state index in [-0.39, 0.29) is 17.0 Å². The lowest BCUT2D eigenvalue weighted by Crippen LogP contribution is -2.76. The van der Waals surface area contributed by atoms with Crippen molar-refractivity contribution in [2.75, 3.05) is 6.54 Å². The molecule has 2 aromatic carbocycles. The number of carbonyl (C=O) groups is 3. The number of nitrogens with one attached hydrogen (secondary N) is 1. The molecule has 3 rings (SSSR count). The van der Waals surface area contributed by atoms with Gasteiger partial charge in [0, 0.05) is 4.47 Å². The Morgan fingerprint density at radius 2 is 1.60 bits per heavy atom. The SMILES string of the molecule is NC(=[NH+]OC(=O)CN1C(=O)c2ccccc2C1=O)c1ccc(Br)cc1. The number of imide groups is 1. The van der Waals surface area contributed by atoms with Gasteiger partial charge in [0.2, 0.25) is 0 Å². The van der Waals surface area contributed by atoms with Crippen LogP contribution in [0.5, 0.6) is 0 Å². The van der Waals surface area contributed by atoms with Crippen LogP contribution >= 0.6 is 15.9 Å². The van der Waals surface area contributed by atoms with Gasteiger partial charge in [0.1, 0.15) is 6.54 Å². The van der Waals surface area contributed by atoms with E-state index in [1.165, 1.54) is 0 Å². The van der Waals surface area contributed by atoms with E-state index in [9.17, 15) is 14.4 Å². The topological polar surface area (TPSA) is 104 Å². The summed E-state index contributed by atoms with van der Waals surface area (Å²) in [6, 6.07) is 13.4. The molecule has 0 aromatic heterocycles. The normalized spacial score (nSPS) is 13.8. The molecule has 1 aliphatic heterocycles. The van der Waals surface area contributed by atoms with Crippen LogP contribution in [-0.2, 0) is 9.63 Å². The van der Waals surface area contributed by atoms with Crippen LogP contribution < -0.4 is 10.9 Å². The number of nitrogens with two attached hydrogens (primary N) is 1. The average molecular weight is 403 g/mol. The van der Waals surface area contributed by atoms with Crippen molar-refractivity contribution in [3.8, 4) is 0 Å². The first kappa shape index (κ1) is 16.8. The van der Waals surface area contributed by atoms with Crippen molar-refractivity contribution in [3.63, 3.8) is 0 Å². The van der Waals surface area contributed by atoms with Crippen molar-refractivity contribution in [3.05, 3.63) is 69.7 Å². The third-order valence-corrected chi connectivity index (χ3v) is 4.12. The first-order valence-electron chi connectivity index (χ1n) is 7.26. The average Bonchev–Trinajstić information content (AvgIpc) is 2.86. The minimum Gasteiger partial charge on any atom is -0.284 e. The second kappa shape index (κ2) is 6.86. The predicted octanol–water partition coefficient (Wildman–Crippen LogP) is -0.0106. The van der Waals surface area contributed by atoms with Crippen LogP contribution in [0.2, 0.25) is 0 Å². The number of amidine groups is 1. The van der Waals surface area contributed by atoms with Crippen LogP contribution in [0.1, 0.15) is 26.3 Å². The highest BCUT2D eigenvalue weighted by Gasteiger charge is 2.36. The predicted molar refractivity (Wildman–Crippen MR) is 91.3 cm³/mol. The van der Waals surface area contributed by atoms with Gasteiger partial charge in [-0.3, -0.25) is 25.1 Å². The monoisotopic (exact) mass is 402 g/mol. The van der Waals surface area contributed by atoms with Crippen molar-refractivity contribution >= 4 is 39.5 Å². The molecule has 0 unspecified atom stereocenters. The maximum absolute atomic E-state index is 12.2. The van der Waals surface area contributed by atoms with Gasteiger partial charge in [0.15, 0.2) is 0 Å². The Bertz CT molecular complexity index is 858. The Balaban J connectivity index is 1.65. The number of amides is 2. The number of rotatable bonds is 4. The quantitative estimate of drug-likeness (QED) is 0.246. The molecule has 2 aromatic rings. The van der Waals surface area contributed by atoms with Gasteiger partial charge in [-0.25, -0.2) is 4.79 Å². The van der Waals surface area contributed by atoms with Crippen LogP contribution in [0.25, 0.3) is 0 Å². The molecule has 126 valence electrons. The summed E-state index contributed by atoms with van der Waals surface area (Å²) in [5, 5.41) is 2.32. The fourth-order valence-electron chi connectivity index (χ4n) is 2.34. The minimum absolute atomic E-state index is 0.128. The summed E-state index contributed by atoms with van der Waals surface area (Å²) in [6.45, 7) is -0.507. The van der Waals surface area contributed by atoms with E-state index in [1.54, 1.807) is 48.5 Å². The summed E-state index contributed by atoms with van der Waals surface area (Å²) in [6.07, 6.45) is 0. The van der Waals surface area contributed by atoms with E-state index in [2.05, 4.69) is 21.1 Å². The van der Waals surface area contributed by atoms with Gasteiger partial charge in [-0.1, -0.05) is 33.2 Å². The number of carbonyl (C=O) groups excluding carboxylic acids is 3. The molecular weight excluding hydrogens is 390 g/mol. The first-order valence-corrected chi connectivity index (χ1v) is 8.06. The fourth-order valence-corrected chi connectivity index (χ4v) is 2.61. The number of nitrogen functional groups attached to an aromatic ring is 1. The molecule has 2 amide bonds. The molecule has 1 aliphatic rings. The Kier molecular flexibility index (Phi) is 4.62. The van der Waals surface area contributed by atoms with Gasteiger partial charge in [0.25, 0.3) is 11.8 Å². The second-order valence-electron chi connectivity index (χ2n) is 5.24. The summed E-state index contributed by atoms with van der Waals surface area (Å²) in [4.78, 5) is 42.0. The molecule has 8 heteroatoms. The molecule has 0 fully saturated rings. The molecule has 3 N–H and O–H groups in total. The molecular formula is C17H13BrN3O4+. The highest BCUT2D eigenvalue weighted by molar-refractivity contribution is 9.10. The molecule has 7 nitrogen and oxygen atoms in total. The van der Waals surface area contributed by atoms with Crippen LogP contribution in [0, 0.1) is 0 Å². The fraction of sp³-hybridized carbons (Fsp3) is 0.0588. The summed E-state index contributed by atoms with van der Waals surface area (Å²) in [7, 11) is 0. The molecule has 0 saturated carbocycles.